The molecule has 0 radical (unpaired) electrons. The maximum Gasteiger partial charge on any atom is 0.251 e. The van der Waals surface area contributed by atoms with Crippen LogP contribution in [0.1, 0.15) is 42.5 Å². The highest BCUT2D eigenvalue weighted by molar-refractivity contribution is 5.94. The maximum atomic E-state index is 12.4. The number of fused-ring (bicyclic) bond motifs is 1. The molecule has 6 heteroatoms. The lowest BCUT2D eigenvalue weighted by atomic mass is 9.69. The van der Waals surface area contributed by atoms with E-state index in [0.717, 1.165) is 31.4 Å². The van der Waals surface area contributed by atoms with E-state index in [1.165, 1.54) is 0 Å². The van der Waals surface area contributed by atoms with Gasteiger partial charge in [0.15, 0.2) is 0 Å². The summed E-state index contributed by atoms with van der Waals surface area (Å²) in [6.45, 7) is 1.64. The van der Waals surface area contributed by atoms with Crippen LogP contribution in [0.5, 0.6) is 0 Å². The van der Waals surface area contributed by atoms with Gasteiger partial charge in [-0.15, -0.1) is 0 Å². The van der Waals surface area contributed by atoms with E-state index < -0.39 is 0 Å². The van der Waals surface area contributed by atoms with Crippen molar-refractivity contribution in [3.8, 4) is 0 Å². The fraction of sp³-hybridized carbons (Fsp3) is 0.526. The summed E-state index contributed by atoms with van der Waals surface area (Å²) >= 11 is 0. The molecule has 1 aliphatic heterocycles. The van der Waals surface area contributed by atoms with Crippen LogP contribution < -0.4 is 5.32 Å². The van der Waals surface area contributed by atoms with Gasteiger partial charge in [0.25, 0.3) is 5.91 Å². The van der Waals surface area contributed by atoms with Crippen LogP contribution in [0.25, 0.3) is 0 Å². The smallest absolute Gasteiger partial charge is 0.251 e. The number of hydrogen-bond donors (Lipinski definition) is 1. The van der Waals surface area contributed by atoms with Crippen molar-refractivity contribution >= 4 is 11.8 Å². The summed E-state index contributed by atoms with van der Waals surface area (Å²) in [7, 11) is 1.64. The molecule has 0 spiro atoms. The number of nitrogens with zero attached hydrogens (tertiary/aromatic N) is 2. The van der Waals surface area contributed by atoms with Gasteiger partial charge in [-0.25, -0.2) is 0 Å². The van der Waals surface area contributed by atoms with E-state index in [9.17, 15) is 9.59 Å². The average Bonchev–Trinajstić information content (AvgIpc) is 2.66. The summed E-state index contributed by atoms with van der Waals surface area (Å²) < 4.78 is 5.16. The molecule has 0 aromatic carbocycles. The molecule has 2 heterocycles. The number of piperidine rings is 1. The van der Waals surface area contributed by atoms with Crippen LogP contribution >= 0.6 is 0 Å². The summed E-state index contributed by atoms with van der Waals surface area (Å²) in [5, 5.41) is 3.07. The van der Waals surface area contributed by atoms with Gasteiger partial charge < -0.3 is 15.0 Å². The summed E-state index contributed by atoms with van der Waals surface area (Å²) in [6, 6.07) is 3.42. The molecule has 1 aromatic rings. The van der Waals surface area contributed by atoms with Gasteiger partial charge in [0.2, 0.25) is 5.91 Å². The Morgan fingerprint density at radius 2 is 2.16 bits per heavy atom. The standard InChI is InChI=1S/C19H25N3O3/c1-25-13-12-22-16-4-2-3-8-19(16,9-5-17(22)23)14-21-18(24)15-6-10-20-11-7-15/h4,6-7,10-11H,2-3,5,8-9,12-14H2,1H3,(H,21,24). The highest BCUT2D eigenvalue weighted by atomic mass is 16.5. The fourth-order valence-corrected chi connectivity index (χ4v) is 3.84. The van der Waals surface area contributed by atoms with Gasteiger partial charge in [-0.2, -0.15) is 0 Å². The van der Waals surface area contributed by atoms with E-state index in [-0.39, 0.29) is 17.2 Å². The molecule has 0 bridgehead atoms. The van der Waals surface area contributed by atoms with Crippen molar-refractivity contribution in [2.45, 2.75) is 32.1 Å². The number of likely N-dealkylation sites (tertiary alicyclic amines) is 1. The molecule has 1 aromatic heterocycles. The van der Waals surface area contributed by atoms with E-state index in [0.29, 0.717) is 31.7 Å². The van der Waals surface area contributed by atoms with E-state index in [1.54, 1.807) is 31.6 Å². The molecule has 1 unspecified atom stereocenters. The SMILES string of the molecule is COCCN1C(=O)CCC2(CNC(=O)c3ccncc3)CCCC=C12. The Hall–Kier alpha value is -2.21. The first-order chi connectivity index (χ1) is 12.2. The van der Waals surface area contributed by atoms with Gasteiger partial charge in [-0.1, -0.05) is 6.08 Å². The van der Waals surface area contributed by atoms with Crippen LogP contribution in [-0.2, 0) is 9.53 Å². The van der Waals surface area contributed by atoms with E-state index in [2.05, 4.69) is 16.4 Å². The van der Waals surface area contributed by atoms with Gasteiger partial charge in [-0.05, 0) is 37.8 Å². The molecular formula is C19H25N3O3. The zero-order valence-corrected chi connectivity index (χ0v) is 14.7. The van der Waals surface area contributed by atoms with Crippen molar-refractivity contribution in [2.24, 2.45) is 5.41 Å². The Morgan fingerprint density at radius 3 is 2.92 bits per heavy atom. The Kier molecular flexibility index (Phi) is 5.48. The molecule has 2 amide bonds. The monoisotopic (exact) mass is 343 g/mol. The number of aromatic nitrogens is 1. The number of rotatable bonds is 6. The number of allylic oxidation sites excluding steroid dienone is 1. The topological polar surface area (TPSA) is 71.5 Å². The largest absolute Gasteiger partial charge is 0.383 e. The van der Waals surface area contributed by atoms with Crippen molar-refractivity contribution in [2.75, 3.05) is 26.8 Å². The first-order valence-electron chi connectivity index (χ1n) is 8.84. The Bertz CT molecular complexity index is 659. The third kappa shape index (κ3) is 3.74. The number of carbonyl (C=O) groups excluding carboxylic acids is 2. The third-order valence-electron chi connectivity index (χ3n) is 5.20. The number of methoxy groups -OCH3 is 1. The molecule has 0 saturated carbocycles. The third-order valence-corrected chi connectivity index (χ3v) is 5.20. The maximum absolute atomic E-state index is 12.4. The van der Waals surface area contributed by atoms with Crippen LogP contribution in [0.4, 0.5) is 0 Å². The minimum atomic E-state index is -0.150. The van der Waals surface area contributed by atoms with Gasteiger partial charge in [0, 0.05) is 55.7 Å². The molecule has 25 heavy (non-hydrogen) atoms. The minimum Gasteiger partial charge on any atom is -0.383 e. The summed E-state index contributed by atoms with van der Waals surface area (Å²) in [5.41, 5.74) is 1.53. The van der Waals surface area contributed by atoms with E-state index in [1.807, 2.05) is 4.90 Å². The van der Waals surface area contributed by atoms with Gasteiger partial charge in [0.05, 0.1) is 6.61 Å². The van der Waals surface area contributed by atoms with Crippen molar-refractivity contribution in [3.05, 3.63) is 41.9 Å². The molecule has 134 valence electrons. The molecule has 1 atom stereocenters. The number of ether oxygens (including phenoxy) is 1. The van der Waals surface area contributed by atoms with E-state index in [4.69, 9.17) is 4.74 Å². The van der Waals surface area contributed by atoms with Crippen molar-refractivity contribution in [3.63, 3.8) is 0 Å². The zero-order valence-electron chi connectivity index (χ0n) is 14.7. The van der Waals surface area contributed by atoms with Crippen molar-refractivity contribution in [1.82, 2.24) is 15.2 Å². The second kappa shape index (κ2) is 7.78. The second-order valence-electron chi connectivity index (χ2n) is 6.72. The molecule has 3 rings (SSSR count). The first kappa shape index (κ1) is 17.6. The number of hydrogen-bond acceptors (Lipinski definition) is 4. The summed E-state index contributed by atoms with van der Waals surface area (Å²) in [5.74, 6) is 0.0586. The molecular weight excluding hydrogens is 318 g/mol. The Balaban J connectivity index is 1.75. The lowest BCUT2D eigenvalue weighted by Gasteiger charge is -2.47. The molecule has 6 nitrogen and oxygen atoms in total. The number of amides is 2. The van der Waals surface area contributed by atoms with Crippen LogP contribution in [-0.4, -0.2) is 48.5 Å². The van der Waals surface area contributed by atoms with Crippen molar-refractivity contribution < 1.29 is 14.3 Å². The van der Waals surface area contributed by atoms with Crippen LogP contribution in [0, 0.1) is 5.41 Å². The second-order valence-corrected chi connectivity index (χ2v) is 6.72. The van der Waals surface area contributed by atoms with Crippen molar-refractivity contribution in [1.29, 1.82) is 0 Å². The van der Waals surface area contributed by atoms with Crippen LogP contribution in [0.15, 0.2) is 36.3 Å². The number of nitrogens with one attached hydrogen (secondary N) is 1. The summed E-state index contributed by atoms with van der Waals surface area (Å²) in [6.07, 6.45) is 9.77. The highest BCUT2D eigenvalue weighted by Gasteiger charge is 2.44. The van der Waals surface area contributed by atoms with Crippen LogP contribution in [0.2, 0.25) is 0 Å². The molecule has 1 saturated heterocycles. The molecule has 1 N–H and O–H groups in total. The lowest BCUT2D eigenvalue weighted by molar-refractivity contribution is -0.134. The minimum absolute atomic E-state index is 0.0953. The summed E-state index contributed by atoms with van der Waals surface area (Å²) in [4.78, 5) is 30.6. The average molecular weight is 343 g/mol. The Morgan fingerprint density at radius 1 is 1.36 bits per heavy atom. The molecule has 1 aliphatic carbocycles. The normalized spacial score (nSPS) is 23.0. The molecule has 2 aliphatic rings. The zero-order chi connectivity index (χ0) is 17.7. The number of pyridine rings is 1. The van der Waals surface area contributed by atoms with E-state index >= 15 is 0 Å². The predicted molar refractivity (Wildman–Crippen MR) is 93.8 cm³/mol. The molecule has 1 fully saturated rings. The lowest BCUT2D eigenvalue weighted by Crippen LogP contribution is -2.51. The fourth-order valence-electron chi connectivity index (χ4n) is 3.84. The first-order valence-corrected chi connectivity index (χ1v) is 8.84. The van der Waals surface area contributed by atoms with Crippen LogP contribution in [0.3, 0.4) is 0 Å². The number of carbonyl (C=O) groups is 2. The Labute approximate surface area is 148 Å². The van der Waals surface area contributed by atoms with Gasteiger partial charge in [0.1, 0.15) is 0 Å². The van der Waals surface area contributed by atoms with Gasteiger partial charge >= 0.3 is 0 Å². The van der Waals surface area contributed by atoms with Gasteiger partial charge in [-0.3, -0.25) is 14.6 Å². The predicted octanol–water partition coefficient (Wildman–Crippen LogP) is 2.13. The quantitative estimate of drug-likeness (QED) is 0.859. The highest BCUT2D eigenvalue weighted by Crippen LogP contribution is 2.46.